The van der Waals surface area contributed by atoms with E-state index in [1.807, 2.05) is 32.9 Å². The van der Waals surface area contributed by atoms with Gasteiger partial charge in [-0.3, -0.25) is 9.59 Å². The van der Waals surface area contributed by atoms with Crippen molar-refractivity contribution in [1.82, 2.24) is 0 Å². The van der Waals surface area contributed by atoms with Gasteiger partial charge in [-0.25, -0.2) is 0 Å². The predicted octanol–water partition coefficient (Wildman–Crippen LogP) is 3.14. The molecule has 1 rings (SSSR count). The van der Waals surface area contributed by atoms with Gasteiger partial charge in [-0.15, -0.1) is 0 Å². The average Bonchev–Trinajstić information content (AvgIpc) is 2.13. The van der Waals surface area contributed by atoms with Crippen LogP contribution in [0.25, 0.3) is 0 Å². The molecular formula is C15H20O3. The second-order valence-corrected chi connectivity index (χ2v) is 5.21. The molecule has 0 aromatic heterocycles. The highest BCUT2D eigenvalue weighted by atomic mass is 16.6. The molecule has 0 radical (unpaired) electrons. The number of ether oxygens (including phenoxy) is 1. The summed E-state index contributed by atoms with van der Waals surface area (Å²) in [6.07, 6.45) is 0. The fraction of sp³-hybridized carbons (Fsp3) is 0.467. The van der Waals surface area contributed by atoms with E-state index in [-0.39, 0.29) is 5.78 Å². The van der Waals surface area contributed by atoms with Crippen LogP contribution in [0.1, 0.15) is 47.8 Å². The van der Waals surface area contributed by atoms with Gasteiger partial charge in [0.25, 0.3) is 0 Å². The Hall–Kier alpha value is -1.64. The molecule has 0 unspecified atom stereocenters. The summed E-state index contributed by atoms with van der Waals surface area (Å²) in [4.78, 5) is 23.5. The molecule has 98 valence electrons. The highest BCUT2D eigenvalue weighted by Gasteiger charge is 2.33. The number of aryl methyl sites for hydroxylation is 3. The molecule has 1 aromatic carbocycles. The first-order valence-corrected chi connectivity index (χ1v) is 5.97. The number of carbonyl (C=O) groups is 2. The van der Waals surface area contributed by atoms with Gasteiger partial charge in [-0.05, 0) is 45.7 Å². The van der Waals surface area contributed by atoms with Gasteiger partial charge in [0, 0.05) is 12.5 Å². The van der Waals surface area contributed by atoms with Crippen LogP contribution in [-0.4, -0.2) is 17.4 Å². The van der Waals surface area contributed by atoms with Crippen molar-refractivity contribution in [3.63, 3.8) is 0 Å². The number of ketones is 1. The smallest absolute Gasteiger partial charge is 0.303 e. The minimum Gasteiger partial charge on any atom is -0.451 e. The summed E-state index contributed by atoms with van der Waals surface area (Å²) in [6.45, 7) is 10.3. The number of esters is 1. The van der Waals surface area contributed by atoms with Crippen LogP contribution >= 0.6 is 0 Å². The van der Waals surface area contributed by atoms with E-state index in [2.05, 4.69) is 0 Å². The molecule has 0 aliphatic rings. The Morgan fingerprint density at radius 1 is 1.06 bits per heavy atom. The molecule has 0 heterocycles. The van der Waals surface area contributed by atoms with Gasteiger partial charge in [-0.1, -0.05) is 17.7 Å². The average molecular weight is 248 g/mol. The van der Waals surface area contributed by atoms with Gasteiger partial charge in [0.05, 0.1) is 0 Å². The summed E-state index contributed by atoms with van der Waals surface area (Å²) in [5, 5.41) is 0. The zero-order valence-corrected chi connectivity index (χ0v) is 11.9. The summed E-state index contributed by atoms with van der Waals surface area (Å²) in [5.41, 5.74) is 2.46. The van der Waals surface area contributed by atoms with Crippen LogP contribution in [0, 0.1) is 20.8 Å². The van der Waals surface area contributed by atoms with Crippen LogP contribution in [0.15, 0.2) is 12.1 Å². The predicted molar refractivity (Wildman–Crippen MR) is 70.8 cm³/mol. The van der Waals surface area contributed by atoms with Crippen LogP contribution < -0.4 is 0 Å². The van der Waals surface area contributed by atoms with Crippen molar-refractivity contribution in [2.24, 2.45) is 0 Å². The Kier molecular flexibility index (Phi) is 3.95. The molecule has 1 aromatic rings. The van der Waals surface area contributed by atoms with Gasteiger partial charge in [0.1, 0.15) is 0 Å². The van der Waals surface area contributed by atoms with E-state index >= 15 is 0 Å². The third-order valence-corrected chi connectivity index (χ3v) is 2.85. The van der Waals surface area contributed by atoms with Crippen LogP contribution in [0.5, 0.6) is 0 Å². The number of hydrogen-bond donors (Lipinski definition) is 0. The third kappa shape index (κ3) is 2.97. The first-order valence-electron chi connectivity index (χ1n) is 5.97. The highest BCUT2D eigenvalue weighted by Crippen LogP contribution is 2.24. The van der Waals surface area contributed by atoms with Crippen LogP contribution in [0.4, 0.5) is 0 Å². The van der Waals surface area contributed by atoms with Gasteiger partial charge in [0.2, 0.25) is 5.78 Å². The lowest BCUT2D eigenvalue weighted by Crippen LogP contribution is -2.37. The summed E-state index contributed by atoms with van der Waals surface area (Å²) in [6, 6.07) is 3.92. The molecule has 0 saturated heterocycles. The second kappa shape index (κ2) is 4.92. The summed E-state index contributed by atoms with van der Waals surface area (Å²) in [7, 11) is 0. The zero-order valence-electron chi connectivity index (χ0n) is 11.9. The molecule has 0 fully saturated rings. The Morgan fingerprint density at radius 2 is 1.50 bits per heavy atom. The Morgan fingerprint density at radius 3 is 1.89 bits per heavy atom. The fourth-order valence-corrected chi connectivity index (χ4v) is 2.24. The lowest BCUT2D eigenvalue weighted by Gasteiger charge is -2.24. The fourth-order valence-electron chi connectivity index (χ4n) is 2.24. The number of Topliss-reactive ketones (excluding diaryl/α,β-unsaturated/α-hetero) is 1. The molecule has 0 aliphatic carbocycles. The van der Waals surface area contributed by atoms with Crippen molar-refractivity contribution >= 4 is 11.8 Å². The van der Waals surface area contributed by atoms with E-state index in [0.717, 1.165) is 16.7 Å². The molecule has 0 aliphatic heterocycles. The molecule has 0 amide bonds. The van der Waals surface area contributed by atoms with Crippen molar-refractivity contribution in [3.05, 3.63) is 34.4 Å². The van der Waals surface area contributed by atoms with Gasteiger partial charge < -0.3 is 4.74 Å². The van der Waals surface area contributed by atoms with Gasteiger partial charge >= 0.3 is 5.97 Å². The molecule has 0 atom stereocenters. The minimum absolute atomic E-state index is 0.160. The minimum atomic E-state index is -1.13. The number of rotatable bonds is 3. The molecule has 0 N–H and O–H groups in total. The Labute approximate surface area is 108 Å². The summed E-state index contributed by atoms with van der Waals surface area (Å²) in [5.74, 6) is -0.608. The van der Waals surface area contributed by atoms with E-state index in [9.17, 15) is 9.59 Å². The van der Waals surface area contributed by atoms with Crippen LogP contribution in [-0.2, 0) is 9.53 Å². The van der Waals surface area contributed by atoms with Crippen molar-refractivity contribution < 1.29 is 14.3 Å². The van der Waals surface area contributed by atoms with E-state index in [0.29, 0.717) is 5.56 Å². The number of hydrogen-bond acceptors (Lipinski definition) is 3. The van der Waals surface area contributed by atoms with Crippen molar-refractivity contribution in [1.29, 1.82) is 0 Å². The zero-order chi connectivity index (χ0) is 14.1. The van der Waals surface area contributed by atoms with Crippen LogP contribution in [0.3, 0.4) is 0 Å². The summed E-state index contributed by atoms with van der Waals surface area (Å²) >= 11 is 0. The molecule has 0 spiro atoms. The molecule has 18 heavy (non-hydrogen) atoms. The SMILES string of the molecule is CC(=O)OC(C)(C)C(=O)c1c(C)cc(C)cc1C. The maximum Gasteiger partial charge on any atom is 0.303 e. The maximum atomic E-state index is 12.5. The monoisotopic (exact) mass is 248 g/mol. The summed E-state index contributed by atoms with van der Waals surface area (Å²) < 4.78 is 5.11. The van der Waals surface area contributed by atoms with Crippen LogP contribution in [0.2, 0.25) is 0 Å². The van der Waals surface area contributed by atoms with E-state index < -0.39 is 11.6 Å². The standard InChI is InChI=1S/C15H20O3/c1-9-7-10(2)13(11(3)8-9)14(17)15(5,6)18-12(4)16/h7-8H,1-6H3. The number of carbonyl (C=O) groups excluding carboxylic acids is 2. The van der Waals surface area contributed by atoms with Gasteiger partial charge in [0.15, 0.2) is 5.60 Å². The van der Waals surface area contributed by atoms with E-state index in [1.54, 1.807) is 13.8 Å². The second-order valence-electron chi connectivity index (χ2n) is 5.21. The van der Waals surface area contributed by atoms with E-state index in [1.165, 1.54) is 6.92 Å². The molecular weight excluding hydrogens is 228 g/mol. The van der Waals surface area contributed by atoms with Crippen molar-refractivity contribution in [2.75, 3.05) is 0 Å². The lowest BCUT2D eigenvalue weighted by atomic mass is 9.89. The van der Waals surface area contributed by atoms with Gasteiger partial charge in [-0.2, -0.15) is 0 Å². The third-order valence-electron chi connectivity index (χ3n) is 2.85. The molecule has 3 nitrogen and oxygen atoms in total. The molecule has 0 bridgehead atoms. The number of benzene rings is 1. The quantitative estimate of drug-likeness (QED) is 0.609. The largest absolute Gasteiger partial charge is 0.451 e. The Balaban J connectivity index is 3.23. The van der Waals surface area contributed by atoms with Crippen molar-refractivity contribution in [3.8, 4) is 0 Å². The first kappa shape index (κ1) is 14.4. The normalized spacial score (nSPS) is 11.2. The lowest BCUT2D eigenvalue weighted by molar-refractivity contribution is -0.149. The topological polar surface area (TPSA) is 43.4 Å². The van der Waals surface area contributed by atoms with Crippen molar-refractivity contribution in [2.45, 2.75) is 47.1 Å². The Bertz CT molecular complexity index is 475. The first-order chi connectivity index (χ1) is 8.15. The van der Waals surface area contributed by atoms with E-state index in [4.69, 9.17) is 4.74 Å². The maximum absolute atomic E-state index is 12.5. The molecule has 0 saturated carbocycles. The highest BCUT2D eigenvalue weighted by molar-refractivity contribution is 6.05. The molecule has 3 heteroatoms.